The molecule has 3 heteroatoms. The predicted molar refractivity (Wildman–Crippen MR) is 90.2 cm³/mol. The first-order valence-corrected chi connectivity index (χ1v) is 8.87. The minimum Gasteiger partial charge on any atom is -0.314 e. The Morgan fingerprint density at radius 1 is 1.24 bits per heavy atom. The van der Waals surface area contributed by atoms with Crippen molar-refractivity contribution < 1.29 is 0 Å². The number of nitrogens with one attached hydrogen (secondary N) is 1. The van der Waals surface area contributed by atoms with E-state index in [4.69, 9.17) is 0 Å². The average Bonchev–Trinajstić information content (AvgIpc) is 3.07. The molecule has 0 saturated heterocycles. The molecule has 0 spiro atoms. The SMILES string of the molecule is CCNC(Cc1ccc2c(c1)CCC2)Cc1nc(C)cs1. The zero-order valence-electron chi connectivity index (χ0n) is 13.0. The van der Waals surface area contributed by atoms with Crippen LogP contribution in [0.3, 0.4) is 0 Å². The van der Waals surface area contributed by atoms with E-state index in [1.54, 1.807) is 22.5 Å². The van der Waals surface area contributed by atoms with Gasteiger partial charge in [0.05, 0.1) is 5.01 Å². The summed E-state index contributed by atoms with van der Waals surface area (Å²) in [5, 5.41) is 7.02. The molecule has 0 bridgehead atoms. The molecular weight excluding hydrogens is 276 g/mol. The largest absolute Gasteiger partial charge is 0.314 e. The lowest BCUT2D eigenvalue weighted by molar-refractivity contribution is 0.520. The van der Waals surface area contributed by atoms with Crippen LogP contribution in [0.15, 0.2) is 23.6 Å². The summed E-state index contributed by atoms with van der Waals surface area (Å²) >= 11 is 1.78. The summed E-state index contributed by atoms with van der Waals surface area (Å²) in [4.78, 5) is 4.61. The van der Waals surface area contributed by atoms with Crippen LogP contribution in [-0.4, -0.2) is 17.6 Å². The number of benzene rings is 1. The second-order valence-corrected chi connectivity index (χ2v) is 6.94. The molecule has 1 atom stereocenters. The van der Waals surface area contributed by atoms with Crippen molar-refractivity contribution in [3.63, 3.8) is 0 Å². The molecule has 2 nitrogen and oxygen atoms in total. The second kappa shape index (κ2) is 6.71. The van der Waals surface area contributed by atoms with Gasteiger partial charge in [0, 0.05) is 23.5 Å². The third-order valence-electron chi connectivity index (χ3n) is 4.23. The van der Waals surface area contributed by atoms with Crippen molar-refractivity contribution in [1.82, 2.24) is 10.3 Å². The molecule has 1 aliphatic carbocycles. The van der Waals surface area contributed by atoms with Gasteiger partial charge < -0.3 is 5.32 Å². The molecule has 1 unspecified atom stereocenters. The Bertz CT molecular complexity index is 603. The number of aryl methyl sites for hydroxylation is 3. The average molecular weight is 300 g/mol. The molecule has 0 aliphatic heterocycles. The van der Waals surface area contributed by atoms with Crippen LogP contribution in [0.1, 0.15) is 40.7 Å². The highest BCUT2D eigenvalue weighted by molar-refractivity contribution is 7.09. The molecule has 21 heavy (non-hydrogen) atoms. The van der Waals surface area contributed by atoms with Crippen LogP contribution in [0.5, 0.6) is 0 Å². The number of hydrogen-bond donors (Lipinski definition) is 1. The lowest BCUT2D eigenvalue weighted by atomic mass is 9.99. The lowest BCUT2D eigenvalue weighted by Crippen LogP contribution is -2.33. The fourth-order valence-corrected chi connectivity index (χ4v) is 4.10. The first-order valence-electron chi connectivity index (χ1n) is 7.99. The third-order valence-corrected chi connectivity index (χ3v) is 5.21. The topological polar surface area (TPSA) is 24.9 Å². The van der Waals surface area contributed by atoms with Gasteiger partial charge in [-0.05, 0) is 55.8 Å². The molecule has 1 aromatic carbocycles. The molecule has 0 fully saturated rings. The van der Waals surface area contributed by atoms with Crippen molar-refractivity contribution in [1.29, 1.82) is 0 Å². The highest BCUT2D eigenvalue weighted by Gasteiger charge is 2.15. The zero-order valence-corrected chi connectivity index (χ0v) is 13.8. The third kappa shape index (κ3) is 3.72. The number of rotatable bonds is 6. The van der Waals surface area contributed by atoms with Gasteiger partial charge >= 0.3 is 0 Å². The van der Waals surface area contributed by atoms with E-state index in [0.29, 0.717) is 6.04 Å². The maximum Gasteiger partial charge on any atom is 0.0943 e. The number of nitrogens with zero attached hydrogens (tertiary/aromatic N) is 1. The maximum absolute atomic E-state index is 4.61. The molecule has 1 aromatic heterocycles. The van der Waals surface area contributed by atoms with Crippen LogP contribution in [0.4, 0.5) is 0 Å². The van der Waals surface area contributed by atoms with Gasteiger partial charge in [-0.2, -0.15) is 0 Å². The van der Waals surface area contributed by atoms with Gasteiger partial charge in [0.25, 0.3) is 0 Å². The molecule has 1 aliphatic rings. The zero-order chi connectivity index (χ0) is 14.7. The highest BCUT2D eigenvalue weighted by Crippen LogP contribution is 2.23. The second-order valence-electron chi connectivity index (χ2n) is 6.00. The van der Waals surface area contributed by atoms with Crippen LogP contribution >= 0.6 is 11.3 Å². The van der Waals surface area contributed by atoms with Crippen LogP contribution in [-0.2, 0) is 25.7 Å². The minimum atomic E-state index is 0.486. The van der Waals surface area contributed by atoms with Gasteiger partial charge in [-0.1, -0.05) is 25.1 Å². The number of hydrogen-bond acceptors (Lipinski definition) is 3. The van der Waals surface area contributed by atoms with E-state index in [-0.39, 0.29) is 0 Å². The van der Waals surface area contributed by atoms with Crippen LogP contribution in [0.25, 0.3) is 0 Å². The van der Waals surface area contributed by atoms with E-state index in [0.717, 1.165) is 25.1 Å². The number of likely N-dealkylation sites (N-methyl/N-ethyl adjacent to an activating group) is 1. The van der Waals surface area contributed by atoms with Crippen molar-refractivity contribution in [2.75, 3.05) is 6.54 Å². The first kappa shape index (κ1) is 14.7. The Morgan fingerprint density at radius 2 is 2.10 bits per heavy atom. The molecule has 0 saturated carbocycles. The Morgan fingerprint density at radius 3 is 2.86 bits per heavy atom. The van der Waals surface area contributed by atoms with E-state index >= 15 is 0 Å². The van der Waals surface area contributed by atoms with Crippen molar-refractivity contribution in [3.05, 3.63) is 51.0 Å². The van der Waals surface area contributed by atoms with Gasteiger partial charge in [-0.25, -0.2) is 4.98 Å². The summed E-state index contributed by atoms with van der Waals surface area (Å²) in [7, 11) is 0. The normalized spacial score (nSPS) is 15.1. The van der Waals surface area contributed by atoms with E-state index in [1.807, 2.05) is 0 Å². The van der Waals surface area contributed by atoms with Crippen LogP contribution in [0.2, 0.25) is 0 Å². The minimum absolute atomic E-state index is 0.486. The van der Waals surface area contributed by atoms with Crippen molar-refractivity contribution in [3.8, 4) is 0 Å². The fraction of sp³-hybridized carbons (Fsp3) is 0.500. The summed E-state index contributed by atoms with van der Waals surface area (Å²) in [5.41, 5.74) is 5.75. The molecule has 0 radical (unpaired) electrons. The molecule has 0 amide bonds. The maximum atomic E-state index is 4.61. The summed E-state index contributed by atoms with van der Waals surface area (Å²) < 4.78 is 0. The Hall–Kier alpha value is -1.19. The van der Waals surface area contributed by atoms with Crippen molar-refractivity contribution in [2.24, 2.45) is 0 Å². The van der Waals surface area contributed by atoms with Gasteiger partial charge in [-0.15, -0.1) is 11.3 Å². The molecule has 1 heterocycles. The van der Waals surface area contributed by atoms with Crippen molar-refractivity contribution >= 4 is 11.3 Å². The van der Waals surface area contributed by atoms with E-state index in [1.165, 1.54) is 29.8 Å². The first-order chi connectivity index (χ1) is 10.2. The Kier molecular flexibility index (Phi) is 4.71. The molecule has 2 aromatic rings. The van der Waals surface area contributed by atoms with Gasteiger partial charge in [-0.3, -0.25) is 0 Å². The summed E-state index contributed by atoms with van der Waals surface area (Å²) in [6, 6.07) is 7.58. The fourth-order valence-electron chi connectivity index (χ4n) is 3.25. The summed E-state index contributed by atoms with van der Waals surface area (Å²) in [5.74, 6) is 0. The molecule has 3 rings (SSSR count). The number of fused-ring (bicyclic) bond motifs is 1. The predicted octanol–water partition coefficient (Wildman–Crippen LogP) is 3.70. The smallest absolute Gasteiger partial charge is 0.0943 e. The van der Waals surface area contributed by atoms with Crippen LogP contribution < -0.4 is 5.32 Å². The van der Waals surface area contributed by atoms with Crippen LogP contribution in [0, 0.1) is 6.92 Å². The number of aromatic nitrogens is 1. The van der Waals surface area contributed by atoms with E-state index in [9.17, 15) is 0 Å². The summed E-state index contributed by atoms with van der Waals surface area (Å²) in [6.45, 7) is 5.27. The molecule has 112 valence electrons. The summed E-state index contributed by atoms with van der Waals surface area (Å²) in [6.07, 6.45) is 5.99. The van der Waals surface area contributed by atoms with E-state index in [2.05, 4.69) is 47.7 Å². The van der Waals surface area contributed by atoms with Crippen molar-refractivity contribution in [2.45, 2.75) is 52.0 Å². The standard InChI is InChI=1S/C18H24N2S/c1-3-19-17(11-18-20-13(2)12-21-18)10-14-7-8-15-5-4-6-16(15)9-14/h7-9,12,17,19H,3-6,10-11H2,1-2H3. The quantitative estimate of drug-likeness (QED) is 0.880. The Balaban J connectivity index is 1.69. The van der Waals surface area contributed by atoms with Gasteiger partial charge in [0.1, 0.15) is 0 Å². The van der Waals surface area contributed by atoms with Gasteiger partial charge in [0.2, 0.25) is 0 Å². The Labute approximate surface area is 131 Å². The molecular formula is C18H24N2S. The molecule has 1 N–H and O–H groups in total. The highest BCUT2D eigenvalue weighted by atomic mass is 32.1. The van der Waals surface area contributed by atoms with E-state index < -0.39 is 0 Å². The van der Waals surface area contributed by atoms with Gasteiger partial charge in [0.15, 0.2) is 0 Å². The number of thiazole rings is 1. The monoisotopic (exact) mass is 300 g/mol. The lowest BCUT2D eigenvalue weighted by Gasteiger charge is -2.17.